The summed E-state index contributed by atoms with van der Waals surface area (Å²) in [5.41, 5.74) is 8.98. The number of hydrogen-bond acceptors (Lipinski definition) is 5. The Morgan fingerprint density at radius 1 is 1.26 bits per heavy atom. The zero-order chi connectivity index (χ0) is 18.6. The smallest absolute Gasteiger partial charge is 0.220 e. The number of benzene rings is 1. The average Bonchev–Trinajstić information content (AvgIpc) is 3.16. The molecule has 0 radical (unpaired) electrons. The maximum absolute atomic E-state index is 11.8. The van der Waals surface area contributed by atoms with Gasteiger partial charge in [0.2, 0.25) is 5.91 Å². The van der Waals surface area contributed by atoms with Crippen molar-refractivity contribution in [2.45, 2.75) is 44.2 Å². The van der Waals surface area contributed by atoms with Crippen LogP contribution in [-0.2, 0) is 4.79 Å². The van der Waals surface area contributed by atoms with Crippen LogP contribution in [-0.4, -0.2) is 27.5 Å². The van der Waals surface area contributed by atoms with Crippen molar-refractivity contribution in [3.63, 3.8) is 0 Å². The fourth-order valence-corrected chi connectivity index (χ4v) is 6.09. The van der Waals surface area contributed by atoms with Crippen molar-refractivity contribution < 1.29 is 4.79 Å². The number of pyridine rings is 1. The maximum Gasteiger partial charge on any atom is 0.220 e. The fraction of sp³-hybridized carbons (Fsp3) is 0.381. The second kappa shape index (κ2) is 6.02. The Labute approximate surface area is 162 Å². The first-order chi connectivity index (χ1) is 13.0. The highest BCUT2D eigenvalue weighted by atomic mass is 32.1. The van der Waals surface area contributed by atoms with Gasteiger partial charge in [-0.05, 0) is 68.0 Å². The van der Waals surface area contributed by atoms with Crippen LogP contribution in [0.15, 0.2) is 42.7 Å². The molecule has 5 nitrogen and oxygen atoms in total. The maximum atomic E-state index is 11.8. The van der Waals surface area contributed by atoms with E-state index in [9.17, 15) is 4.79 Å². The lowest BCUT2D eigenvalue weighted by molar-refractivity contribution is -0.123. The minimum atomic E-state index is -0.154. The normalized spacial score (nSPS) is 27.2. The zero-order valence-electron chi connectivity index (χ0n) is 15.3. The predicted octanol–water partition coefficient (Wildman–Crippen LogP) is 3.98. The number of primary amides is 1. The molecule has 2 bridgehead atoms. The molecular formula is C21H22N4OS. The number of hydrogen-bond donors (Lipinski definition) is 1. The Balaban J connectivity index is 1.52. The molecule has 3 unspecified atom stereocenters. The second-order valence-electron chi connectivity index (χ2n) is 8.01. The van der Waals surface area contributed by atoms with Crippen molar-refractivity contribution in [2.75, 3.05) is 4.90 Å². The molecule has 3 atom stereocenters. The summed E-state index contributed by atoms with van der Waals surface area (Å²) in [6, 6.07) is 10.9. The van der Waals surface area contributed by atoms with Gasteiger partial charge in [0.15, 0.2) is 5.13 Å². The third kappa shape index (κ3) is 2.70. The van der Waals surface area contributed by atoms with Crippen LogP contribution in [0.2, 0.25) is 0 Å². The Bertz CT molecular complexity index is 1020. The lowest BCUT2D eigenvalue weighted by Crippen LogP contribution is -2.53. The van der Waals surface area contributed by atoms with E-state index < -0.39 is 0 Å². The number of anilines is 1. The van der Waals surface area contributed by atoms with Crippen LogP contribution >= 0.6 is 11.3 Å². The largest absolute Gasteiger partial charge is 0.369 e. The van der Waals surface area contributed by atoms with Crippen molar-refractivity contribution in [3.05, 3.63) is 42.7 Å². The molecule has 0 aliphatic carbocycles. The molecule has 138 valence electrons. The quantitative estimate of drug-likeness (QED) is 0.748. The summed E-state index contributed by atoms with van der Waals surface area (Å²) in [6.45, 7) is 2.26. The number of piperidine rings is 1. The van der Waals surface area contributed by atoms with Gasteiger partial charge in [-0.15, -0.1) is 0 Å². The molecule has 1 amide bonds. The van der Waals surface area contributed by atoms with Crippen LogP contribution in [0, 0.1) is 5.92 Å². The molecule has 2 aromatic heterocycles. The van der Waals surface area contributed by atoms with Gasteiger partial charge in [0.05, 0.1) is 10.2 Å². The van der Waals surface area contributed by atoms with Gasteiger partial charge in [-0.3, -0.25) is 9.78 Å². The first kappa shape index (κ1) is 16.7. The molecule has 2 aliphatic rings. The number of carbonyl (C=O) groups excluding carboxylic acids is 1. The Morgan fingerprint density at radius 2 is 2.07 bits per heavy atom. The fourth-order valence-electron chi connectivity index (χ4n) is 4.88. The molecule has 2 N–H and O–H groups in total. The van der Waals surface area contributed by atoms with E-state index in [2.05, 4.69) is 35.0 Å². The summed E-state index contributed by atoms with van der Waals surface area (Å²) >= 11 is 1.75. The molecule has 0 spiro atoms. The van der Waals surface area contributed by atoms with E-state index in [4.69, 9.17) is 10.7 Å². The summed E-state index contributed by atoms with van der Waals surface area (Å²) in [6.07, 6.45) is 7.52. The third-order valence-electron chi connectivity index (χ3n) is 6.20. The van der Waals surface area contributed by atoms with Gasteiger partial charge < -0.3 is 10.6 Å². The second-order valence-corrected chi connectivity index (χ2v) is 9.02. The number of amides is 1. The highest BCUT2D eigenvalue weighted by Gasteiger charge is 2.51. The van der Waals surface area contributed by atoms with Crippen molar-refractivity contribution in [2.24, 2.45) is 11.7 Å². The van der Waals surface area contributed by atoms with E-state index >= 15 is 0 Å². The third-order valence-corrected chi connectivity index (χ3v) is 7.22. The molecule has 2 aliphatic heterocycles. The van der Waals surface area contributed by atoms with Crippen LogP contribution < -0.4 is 10.6 Å². The summed E-state index contributed by atoms with van der Waals surface area (Å²) in [5, 5.41) is 1.07. The van der Waals surface area contributed by atoms with Gasteiger partial charge in [-0.2, -0.15) is 0 Å². The van der Waals surface area contributed by atoms with Gasteiger partial charge in [0.25, 0.3) is 0 Å². The average molecular weight is 379 g/mol. The van der Waals surface area contributed by atoms with Gasteiger partial charge in [0, 0.05) is 29.9 Å². The number of carbonyl (C=O) groups is 1. The number of aromatic nitrogens is 2. The first-order valence-corrected chi connectivity index (χ1v) is 10.2. The Morgan fingerprint density at radius 3 is 2.81 bits per heavy atom. The first-order valence-electron chi connectivity index (χ1n) is 9.43. The molecular weight excluding hydrogens is 356 g/mol. The minimum absolute atomic E-state index is 0.00794. The van der Waals surface area contributed by atoms with E-state index in [1.54, 1.807) is 11.3 Å². The van der Waals surface area contributed by atoms with E-state index in [-0.39, 0.29) is 17.4 Å². The van der Waals surface area contributed by atoms with Crippen LogP contribution in [0.1, 0.15) is 32.6 Å². The molecule has 27 heavy (non-hydrogen) atoms. The standard InChI is InChI=1S/C21H22N4OS/c1-21-7-4-16(10-15(12-21)19(22)26)25(21)20-24-17-3-2-14(11-18(17)27-20)13-5-8-23-9-6-13/h2-3,5-6,8-9,11,15-16H,4,7,10,12H2,1H3,(H2,22,26). The van der Waals surface area contributed by atoms with Crippen LogP contribution in [0.3, 0.4) is 0 Å². The highest BCUT2D eigenvalue weighted by molar-refractivity contribution is 7.22. The van der Waals surface area contributed by atoms with Crippen LogP contribution in [0.5, 0.6) is 0 Å². The summed E-state index contributed by atoms with van der Waals surface area (Å²) < 4.78 is 1.19. The number of rotatable bonds is 3. The lowest BCUT2D eigenvalue weighted by Gasteiger charge is -2.45. The number of thiazole rings is 1. The molecule has 2 saturated heterocycles. The lowest BCUT2D eigenvalue weighted by atomic mass is 9.82. The zero-order valence-corrected chi connectivity index (χ0v) is 16.1. The van der Waals surface area contributed by atoms with Crippen LogP contribution in [0.4, 0.5) is 5.13 Å². The van der Waals surface area contributed by atoms with Crippen molar-refractivity contribution in [1.82, 2.24) is 9.97 Å². The Kier molecular flexibility index (Phi) is 3.72. The highest BCUT2D eigenvalue weighted by Crippen LogP contribution is 2.50. The topological polar surface area (TPSA) is 72.1 Å². The number of nitrogens with two attached hydrogens (primary N) is 1. The molecule has 5 rings (SSSR count). The molecule has 2 fully saturated rings. The SMILES string of the molecule is CC12CCC(CC(C(N)=O)C1)N2c1nc2ccc(-c3ccncc3)cc2s1. The molecule has 1 aromatic carbocycles. The minimum Gasteiger partial charge on any atom is -0.369 e. The van der Waals surface area contributed by atoms with Crippen molar-refractivity contribution >= 4 is 32.6 Å². The molecule has 3 aromatic rings. The Hall–Kier alpha value is -2.47. The summed E-state index contributed by atoms with van der Waals surface area (Å²) in [7, 11) is 0. The van der Waals surface area contributed by atoms with E-state index in [0.29, 0.717) is 6.04 Å². The molecule has 0 saturated carbocycles. The summed E-state index contributed by atoms with van der Waals surface area (Å²) in [5.74, 6) is -0.162. The van der Waals surface area contributed by atoms with Crippen LogP contribution in [0.25, 0.3) is 21.3 Å². The van der Waals surface area contributed by atoms with Gasteiger partial charge in [0.1, 0.15) is 0 Å². The predicted molar refractivity (Wildman–Crippen MR) is 109 cm³/mol. The molecule has 6 heteroatoms. The van der Waals surface area contributed by atoms with Crippen molar-refractivity contribution in [3.8, 4) is 11.1 Å². The molecule has 4 heterocycles. The van der Waals surface area contributed by atoms with Gasteiger partial charge >= 0.3 is 0 Å². The van der Waals surface area contributed by atoms with Gasteiger partial charge in [-0.1, -0.05) is 17.4 Å². The number of nitrogens with zero attached hydrogens (tertiary/aromatic N) is 3. The van der Waals surface area contributed by atoms with E-state index in [1.165, 1.54) is 10.3 Å². The number of fused-ring (bicyclic) bond motifs is 3. The van der Waals surface area contributed by atoms with E-state index in [1.807, 2.05) is 24.5 Å². The van der Waals surface area contributed by atoms with Gasteiger partial charge in [-0.25, -0.2) is 4.98 Å². The summed E-state index contributed by atoms with van der Waals surface area (Å²) in [4.78, 5) is 23.3. The monoisotopic (exact) mass is 378 g/mol. The van der Waals surface area contributed by atoms with Crippen molar-refractivity contribution in [1.29, 1.82) is 0 Å². The van der Waals surface area contributed by atoms with E-state index in [0.717, 1.165) is 41.9 Å².